The van der Waals surface area contributed by atoms with E-state index in [0.717, 1.165) is 5.56 Å². The molecule has 0 aliphatic rings. The Morgan fingerprint density at radius 1 is 0.967 bits per heavy atom. The molecule has 5 nitrogen and oxygen atoms in total. The molecular formula is C24H23NO4S. The summed E-state index contributed by atoms with van der Waals surface area (Å²) in [4.78, 5) is 13.1. The lowest BCUT2D eigenvalue weighted by Crippen LogP contribution is -2.34. The third-order valence-electron chi connectivity index (χ3n) is 4.64. The van der Waals surface area contributed by atoms with E-state index in [4.69, 9.17) is 4.74 Å². The Balaban J connectivity index is 1.96. The van der Waals surface area contributed by atoms with Crippen LogP contribution in [0.25, 0.3) is 0 Å². The molecule has 30 heavy (non-hydrogen) atoms. The third kappa shape index (κ3) is 4.60. The van der Waals surface area contributed by atoms with Gasteiger partial charge in [-0.1, -0.05) is 54.6 Å². The van der Waals surface area contributed by atoms with Gasteiger partial charge < -0.3 is 4.74 Å². The van der Waals surface area contributed by atoms with E-state index in [-0.39, 0.29) is 22.8 Å². The highest BCUT2D eigenvalue weighted by Crippen LogP contribution is 2.26. The summed E-state index contributed by atoms with van der Waals surface area (Å²) in [7, 11) is -2.38. The van der Waals surface area contributed by atoms with E-state index in [2.05, 4.69) is 6.58 Å². The number of ether oxygens (including phenoxy) is 1. The number of anilines is 1. The van der Waals surface area contributed by atoms with Gasteiger partial charge in [-0.2, -0.15) is 0 Å². The average molecular weight is 422 g/mol. The van der Waals surface area contributed by atoms with E-state index >= 15 is 0 Å². The molecule has 0 radical (unpaired) electrons. The molecule has 0 unspecified atom stereocenters. The highest BCUT2D eigenvalue weighted by atomic mass is 32.2. The van der Waals surface area contributed by atoms with Gasteiger partial charge in [-0.15, -0.1) is 0 Å². The fraction of sp³-hybridized carbons (Fsp3) is 0.125. The molecule has 0 heterocycles. The number of carbonyl (C=O) groups excluding carboxylic acids is 1. The summed E-state index contributed by atoms with van der Waals surface area (Å²) in [5.41, 5.74) is 1.96. The van der Waals surface area contributed by atoms with Crippen LogP contribution < -0.4 is 9.04 Å². The van der Waals surface area contributed by atoms with Crippen LogP contribution in [0.15, 0.2) is 95.9 Å². The summed E-state index contributed by atoms with van der Waals surface area (Å²) in [5.74, 6) is 0.203. The number of hydrogen-bond acceptors (Lipinski definition) is 4. The second kappa shape index (κ2) is 8.97. The third-order valence-corrected chi connectivity index (χ3v) is 6.43. The first-order chi connectivity index (χ1) is 14.3. The Morgan fingerprint density at radius 2 is 1.63 bits per heavy atom. The summed E-state index contributed by atoms with van der Waals surface area (Å²) in [6, 6.07) is 22.0. The Kier molecular flexibility index (Phi) is 6.37. The fourth-order valence-corrected chi connectivity index (χ4v) is 4.42. The van der Waals surface area contributed by atoms with Gasteiger partial charge in [0.05, 0.1) is 24.2 Å². The van der Waals surface area contributed by atoms with Gasteiger partial charge in [0.25, 0.3) is 10.0 Å². The average Bonchev–Trinajstić information content (AvgIpc) is 2.77. The van der Waals surface area contributed by atoms with Crippen molar-refractivity contribution in [1.29, 1.82) is 0 Å². The van der Waals surface area contributed by atoms with Crippen molar-refractivity contribution >= 4 is 21.5 Å². The van der Waals surface area contributed by atoms with E-state index in [0.29, 0.717) is 17.0 Å². The van der Waals surface area contributed by atoms with Gasteiger partial charge in [0, 0.05) is 11.1 Å². The number of Topliss-reactive ketones (excluding diaryl/α,β-unsaturated/α-hetero) is 1. The monoisotopic (exact) mass is 421 g/mol. The number of sulfonamides is 1. The van der Waals surface area contributed by atoms with Crippen LogP contribution in [0.2, 0.25) is 0 Å². The highest BCUT2D eigenvalue weighted by Gasteiger charge is 2.27. The SMILES string of the molecule is C=C(CN(c1ccccc1)S(=O)(=O)c1ccc(C)cc1)C(=O)c1cccc(OC)c1. The molecular weight excluding hydrogens is 398 g/mol. The minimum Gasteiger partial charge on any atom is -0.497 e. The number of methoxy groups -OCH3 is 1. The predicted molar refractivity (Wildman–Crippen MR) is 119 cm³/mol. The van der Waals surface area contributed by atoms with Crippen molar-refractivity contribution in [3.05, 3.63) is 102 Å². The molecule has 0 aromatic heterocycles. The standard InChI is InChI=1S/C24H23NO4S/c1-18-12-14-23(15-13-18)30(27,28)25(21-9-5-4-6-10-21)17-19(2)24(26)20-8-7-11-22(16-20)29-3/h4-16H,2,17H2,1,3H3. The van der Waals surface area contributed by atoms with Crippen molar-refractivity contribution in [3.63, 3.8) is 0 Å². The zero-order chi connectivity index (χ0) is 21.7. The van der Waals surface area contributed by atoms with Gasteiger partial charge in [0.15, 0.2) is 5.78 Å². The number of benzene rings is 3. The molecule has 0 atom stereocenters. The molecule has 3 aromatic rings. The molecule has 3 aromatic carbocycles. The van der Waals surface area contributed by atoms with Gasteiger partial charge in [0.1, 0.15) is 5.75 Å². The highest BCUT2D eigenvalue weighted by molar-refractivity contribution is 7.92. The van der Waals surface area contributed by atoms with Crippen LogP contribution in [-0.2, 0) is 10.0 Å². The maximum atomic E-state index is 13.4. The number of ketones is 1. The zero-order valence-corrected chi connectivity index (χ0v) is 17.7. The number of hydrogen-bond donors (Lipinski definition) is 0. The number of nitrogens with zero attached hydrogens (tertiary/aromatic N) is 1. The summed E-state index contributed by atoms with van der Waals surface area (Å²) >= 11 is 0. The smallest absolute Gasteiger partial charge is 0.264 e. The van der Waals surface area contributed by atoms with Crippen LogP contribution >= 0.6 is 0 Å². The van der Waals surface area contributed by atoms with Crippen molar-refractivity contribution in [2.24, 2.45) is 0 Å². The van der Waals surface area contributed by atoms with E-state index in [1.165, 1.54) is 11.4 Å². The molecule has 0 fully saturated rings. The molecule has 0 aliphatic heterocycles. The van der Waals surface area contributed by atoms with Gasteiger partial charge >= 0.3 is 0 Å². The Hall–Kier alpha value is -3.38. The van der Waals surface area contributed by atoms with Crippen LogP contribution in [0, 0.1) is 6.92 Å². The predicted octanol–water partition coefficient (Wildman–Crippen LogP) is 4.64. The van der Waals surface area contributed by atoms with Gasteiger partial charge in [0.2, 0.25) is 0 Å². The molecule has 0 bridgehead atoms. The van der Waals surface area contributed by atoms with E-state index < -0.39 is 10.0 Å². The maximum absolute atomic E-state index is 13.4. The Morgan fingerprint density at radius 3 is 2.27 bits per heavy atom. The summed E-state index contributed by atoms with van der Waals surface area (Å²) in [6.07, 6.45) is 0. The molecule has 0 N–H and O–H groups in total. The topological polar surface area (TPSA) is 63.7 Å². The number of aryl methyl sites for hydroxylation is 1. The molecule has 0 saturated carbocycles. The minimum atomic E-state index is -3.90. The lowest BCUT2D eigenvalue weighted by molar-refractivity contribution is 0.103. The van der Waals surface area contributed by atoms with Crippen LogP contribution in [0.1, 0.15) is 15.9 Å². The number of carbonyl (C=O) groups is 1. The Bertz CT molecular complexity index is 1150. The quantitative estimate of drug-likeness (QED) is 0.393. The van der Waals surface area contributed by atoms with Crippen LogP contribution in [0.3, 0.4) is 0 Å². The van der Waals surface area contributed by atoms with Gasteiger partial charge in [-0.3, -0.25) is 9.10 Å². The maximum Gasteiger partial charge on any atom is 0.264 e. The van der Waals surface area contributed by atoms with Crippen molar-refractivity contribution < 1.29 is 17.9 Å². The fourth-order valence-electron chi connectivity index (χ4n) is 2.96. The first kappa shape index (κ1) is 21.3. The van der Waals surface area contributed by atoms with Gasteiger partial charge in [-0.25, -0.2) is 8.42 Å². The van der Waals surface area contributed by atoms with Crippen LogP contribution in [0.4, 0.5) is 5.69 Å². The van der Waals surface area contributed by atoms with E-state index in [1.807, 2.05) is 6.92 Å². The molecule has 6 heteroatoms. The molecule has 0 aliphatic carbocycles. The summed E-state index contributed by atoms with van der Waals surface area (Å²) < 4.78 is 33.2. The Labute approximate surface area is 177 Å². The van der Waals surface area contributed by atoms with E-state index in [9.17, 15) is 13.2 Å². The lowest BCUT2D eigenvalue weighted by Gasteiger charge is -2.25. The molecule has 0 amide bonds. The molecule has 0 saturated heterocycles. The lowest BCUT2D eigenvalue weighted by atomic mass is 10.0. The zero-order valence-electron chi connectivity index (χ0n) is 16.9. The van der Waals surface area contributed by atoms with Crippen LogP contribution in [-0.4, -0.2) is 27.9 Å². The number of para-hydroxylation sites is 1. The van der Waals surface area contributed by atoms with Crippen molar-refractivity contribution in [2.45, 2.75) is 11.8 Å². The van der Waals surface area contributed by atoms with Gasteiger partial charge in [-0.05, 0) is 43.3 Å². The van der Waals surface area contributed by atoms with Crippen molar-refractivity contribution in [1.82, 2.24) is 0 Å². The summed E-state index contributed by atoms with van der Waals surface area (Å²) in [6.45, 7) is 5.60. The van der Waals surface area contributed by atoms with Crippen molar-refractivity contribution in [3.8, 4) is 5.75 Å². The van der Waals surface area contributed by atoms with E-state index in [1.54, 1.807) is 78.9 Å². The first-order valence-electron chi connectivity index (χ1n) is 9.34. The molecule has 154 valence electrons. The summed E-state index contributed by atoms with van der Waals surface area (Å²) in [5, 5.41) is 0. The first-order valence-corrected chi connectivity index (χ1v) is 10.8. The normalized spacial score (nSPS) is 11.0. The number of rotatable bonds is 8. The molecule has 0 spiro atoms. The van der Waals surface area contributed by atoms with Crippen molar-refractivity contribution in [2.75, 3.05) is 18.0 Å². The second-order valence-corrected chi connectivity index (χ2v) is 8.69. The largest absolute Gasteiger partial charge is 0.497 e. The minimum absolute atomic E-state index is 0.151. The molecule has 3 rings (SSSR count). The van der Waals surface area contributed by atoms with Crippen LogP contribution in [0.5, 0.6) is 5.75 Å². The second-order valence-electron chi connectivity index (χ2n) is 6.82.